The molecule has 1 aromatic heterocycles. The van der Waals surface area contributed by atoms with E-state index >= 15 is 0 Å². The second-order valence-electron chi connectivity index (χ2n) is 8.12. The third kappa shape index (κ3) is 5.84. The molecule has 0 aliphatic heterocycles. The number of aromatic nitrogens is 2. The fourth-order valence-electron chi connectivity index (χ4n) is 3.77. The van der Waals surface area contributed by atoms with Crippen molar-refractivity contribution in [3.05, 3.63) is 77.1 Å². The van der Waals surface area contributed by atoms with Gasteiger partial charge in [-0.25, -0.2) is 18.4 Å². The molecule has 11 heteroatoms. The molecular formula is C26H19ClF3N3O3S. The van der Waals surface area contributed by atoms with Crippen LogP contribution in [-0.4, -0.2) is 24.1 Å². The lowest BCUT2D eigenvalue weighted by molar-refractivity contribution is -0.136. The maximum absolute atomic E-state index is 13.6. The van der Waals surface area contributed by atoms with Gasteiger partial charge in [0.2, 0.25) is 0 Å². The van der Waals surface area contributed by atoms with Crippen LogP contribution in [0.4, 0.5) is 13.2 Å². The van der Waals surface area contributed by atoms with Gasteiger partial charge in [0.15, 0.2) is 9.84 Å². The number of hydrogen-bond acceptors (Lipinski definition) is 6. The normalized spacial score (nSPS) is 11.9. The number of halogens is 4. The number of sulfone groups is 1. The Bertz CT molecular complexity index is 1630. The second kappa shape index (κ2) is 10.4. The number of nitrogens with zero attached hydrogens (tertiary/aromatic N) is 3. The third-order valence-electron chi connectivity index (χ3n) is 5.44. The first-order chi connectivity index (χ1) is 17.5. The number of aryl methyl sites for hydroxylation is 1. The van der Waals surface area contributed by atoms with Crippen molar-refractivity contribution in [2.45, 2.75) is 30.8 Å². The standard InChI is InChI=1S/C26H19ClF3N3O3S/c1-16-32-24(20-8-5-9-22(25(20)33-16)26(28,29)30)21-15-18(10-11-23(21)27)36-17-6-4-7-19(14-17)37(34,35)13-3-2-12-31/h4-11,14-15H,2-3,13H2,1H3. The number of hydrogen-bond donors (Lipinski definition) is 0. The molecular weight excluding hydrogens is 527 g/mol. The van der Waals surface area contributed by atoms with Crippen molar-refractivity contribution >= 4 is 32.3 Å². The molecule has 4 aromatic rings. The van der Waals surface area contributed by atoms with E-state index in [4.69, 9.17) is 21.6 Å². The van der Waals surface area contributed by atoms with E-state index in [1.165, 1.54) is 49.4 Å². The summed E-state index contributed by atoms with van der Waals surface area (Å²) in [6, 6.07) is 16.2. The lowest BCUT2D eigenvalue weighted by Gasteiger charge is -2.14. The summed E-state index contributed by atoms with van der Waals surface area (Å²) < 4.78 is 71.9. The second-order valence-corrected chi connectivity index (χ2v) is 10.6. The van der Waals surface area contributed by atoms with Crippen molar-refractivity contribution in [1.29, 1.82) is 5.26 Å². The van der Waals surface area contributed by atoms with Crippen LogP contribution in [0.15, 0.2) is 65.6 Å². The van der Waals surface area contributed by atoms with Crippen LogP contribution in [0.3, 0.4) is 0 Å². The highest BCUT2D eigenvalue weighted by atomic mass is 35.5. The van der Waals surface area contributed by atoms with Crippen LogP contribution in [0.2, 0.25) is 5.02 Å². The van der Waals surface area contributed by atoms with Crippen LogP contribution in [-0.2, 0) is 16.0 Å². The highest BCUT2D eigenvalue weighted by molar-refractivity contribution is 7.91. The largest absolute Gasteiger partial charge is 0.457 e. The number of nitriles is 1. The Morgan fingerprint density at radius 1 is 1.03 bits per heavy atom. The fourth-order valence-corrected chi connectivity index (χ4v) is 5.32. The predicted molar refractivity (Wildman–Crippen MR) is 133 cm³/mol. The van der Waals surface area contributed by atoms with Gasteiger partial charge in [-0.3, -0.25) is 0 Å². The highest BCUT2D eigenvalue weighted by Gasteiger charge is 2.34. The van der Waals surface area contributed by atoms with E-state index < -0.39 is 21.6 Å². The summed E-state index contributed by atoms with van der Waals surface area (Å²) in [7, 11) is -3.61. The number of benzene rings is 3. The molecule has 1 heterocycles. The van der Waals surface area contributed by atoms with Crippen LogP contribution < -0.4 is 4.74 Å². The average Bonchev–Trinajstić information content (AvgIpc) is 2.84. The van der Waals surface area contributed by atoms with Gasteiger partial charge in [-0.2, -0.15) is 18.4 Å². The Kier molecular flexibility index (Phi) is 7.39. The Labute approximate surface area is 216 Å². The first kappa shape index (κ1) is 26.4. The van der Waals surface area contributed by atoms with Gasteiger partial charge in [0.25, 0.3) is 0 Å². The molecule has 0 aliphatic rings. The molecule has 0 aliphatic carbocycles. The summed E-state index contributed by atoms with van der Waals surface area (Å²) in [5.41, 5.74) is -0.589. The molecule has 37 heavy (non-hydrogen) atoms. The van der Waals surface area contributed by atoms with Crippen molar-refractivity contribution in [1.82, 2.24) is 9.97 Å². The zero-order chi connectivity index (χ0) is 26.8. The van der Waals surface area contributed by atoms with Gasteiger partial charge >= 0.3 is 6.18 Å². The quantitative estimate of drug-likeness (QED) is 0.229. The molecule has 4 rings (SSSR count). The summed E-state index contributed by atoms with van der Waals surface area (Å²) in [5.74, 6) is 0.471. The smallest absolute Gasteiger partial charge is 0.418 e. The van der Waals surface area contributed by atoms with Crippen LogP contribution in [0.25, 0.3) is 22.2 Å². The molecule has 0 spiro atoms. The Hall–Kier alpha value is -3.68. The van der Waals surface area contributed by atoms with Crippen molar-refractivity contribution in [2.24, 2.45) is 0 Å². The van der Waals surface area contributed by atoms with Crippen molar-refractivity contribution < 1.29 is 26.3 Å². The van der Waals surface area contributed by atoms with Crippen LogP contribution >= 0.6 is 11.6 Å². The first-order valence-corrected chi connectivity index (χ1v) is 13.0. The van der Waals surface area contributed by atoms with Crippen molar-refractivity contribution in [3.63, 3.8) is 0 Å². The molecule has 0 amide bonds. The van der Waals surface area contributed by atoms with E-state index in [9.17, 15) is 21.6 Å². The van der Waals surface area contributed by atoms with E-state index in [0.29, 0.717) is 5.56 Å². The van der Waals surface area contributed by atoms with Gasteiger partial charge < -0.3 is 4.74 Å². The summed E-state index contributed by atoms with van der Waals surface area (Å²) in [6.45, 7) is 1.49. The molecule has 0 radical (unpaired) electrons. The van der Waals surface area contributed by atoms with Crippen LogP contribution in [0.1, 0.15) is 24.2 Å². The number of fused-ring (bicyclic) bond motifs is 1. The molecule has 0 atom stereocenters. The number of unbranched alkanes of at least 4 members (excludes halogenated alkanes) is 1. The first-order valence-electron chi connectivity index (χ1n) is 11.0. The van der Waals surface area contributed by atoms with E-state index in [1.54, 1.807) is 12.1 Å². The van der Waals surface area contributed by atoms with Gasteiger partial charge in [-0.05, 0) is 55.8 Å². The monoisotopic (exact) mass is 545 g/mol. The molecule has 0 unspecified atom stereocenters. The van der Waals surface area contributed by atoms with Gasteiger partial charge in [-0.1, -0.05) is 29.8 Å². The lowest BCUT2D eigenvalue weighted by Crippen LogP contribution is -2.08. The summed E-state index contributed by atoms with van der Waals surface area (Å²) >= 11 is 6.42. The predicted octanol–water partition coefficient (Wildman–Crippen LogP) is 7.15. The minimum Gasteiger partial charge on any atom is -0.457 e. The maximum Gasteiger partial charge on any atom is 0.418 e. The Morgan fingerprint density at radius 3 is 2.49 bits per heavy atom. The minimum absolute atomic E-state index is 0.0502. The maximum atomic E-state index is 13.6. The molecule has 0 saturated heterocycles. The summed E-state index contributed by atoms with van der Waals surface area (Å²) in [6.07, 6.45) is -4.26. The zero-order valence-corrected chi connectivity index (χ0v) is 21.0. The fraction of sp³-hybridized carbons (Fsp3) is 0.192. The number of ether oxygens (including phenoxy) is 1. The molecule has 6 nitrogen and oxygen atoms in total. The van der Waals surface area contributed by atoms with Gasteiger partial charge in [0.1, 0.15) is 17.3 Å². The molecule has 0 N–H and O–H groups in total. The molecule has 0 fully saturated rings. The van der Waals surface area contributed by atoms with E-state index in [2.05, 4.69) is 9.97 Å². The zero-order valence-electron chi connectivity index (χ0n) is 19.4. The topological polar surface area (TPSA) is 92.9 Å². The number of para-hydroxylation sites is 1. The lowest BCUT2D eigenvalue weighted by atomic mass is 10.0. The van der Waals surface area contributed by atoms with Crippen LogP contribution in [0.5, 0.6) is 11.5 Å². The minimum atomic E-state index is -4.60. The van der Waals surface area contributed by atoms with E-state index in [-0.39, 0.29) is 62.4 Å². The Morgan fingerprint density at radius 2 is 1.76 bits per heavy atom. The van der Waals surface area contributed by atoms with E-state index in [1.807, 2.05) is 6.07 Å². The van der Waals surface area contributed by atoms with Gasteiger partial charge in [-0.15, -0.1) is 0 Å². The Balaban J connectivity index is 1.74. The van der Waals surface area contributed by atoms with Gasteiger partial charge in [0, 0.05) is 17.4 Å². The average molecular weight is 546 g/mol. The number of rotatable bonds is 7. The summed E-state index contributed by atoms with van der Waals surface area (Å²) in [5, 5.41) is 9.06. The van der Waals surface area contributed by atoms with Gasteiger partial charge in [0.05, 0.1) is 38.5 Å². The van der Waals surface area contributed by atoms with Crippen molar-refractivity contribution in [3.8, 4) is 28.8 Å². The number of alkyl halides is 3. The SMILES string of the molecule is Cc1nc(-c2cc(Oc3cccc(S(=O)(=O)CCCC#N)c3)ccc2Cl)c2cccc(C(F)(F)F)c2n1. The molecule has 0 bridgehead atoms. The summed E-state index contributed by atoms with van der Waals surface area (Å²) in [4.78, 5) is 8.44. The molecule has 3 aromatic carbocycles. The van der Waals surface area contributed by atoms with E-state index in [0.717, 1.165) is 6.07 Å². The van der Waals surface area contributed by atoms with Crippen LogP contribution in [0, 0.1) is 18.3 Å². The third-order valence-corrected chi connectivity index (χ3v) is 7.57. The molecule has 190 valence electrons. The van der Waals surface area contributed by atoms with Crippen molar-refractivity contribution in [2.75, 3.05) is 5.75 Å². The molecule has 0 saturated carbocycles. The highest BCUT2D eigenvalue weighted by Crippen LogP contribution is 2.39.